The third-order valence-electron chi connectivity index (χ3n) is 3.80. The van der Waals surface area contributed by atoms with Crippen molar-refractivity contribution in [3.8, 4) is 16.8 Å². The average Bonchev–Trinajstić information content (AvgIpc) is 2.92. The van der Waals surface area contributed by atoms with Gasteiger partial charge in [-0.15, -0.1) is 5.10 Å². The van der Waals surface area contributed by atoms with Crippen molar-refractivity contribution in [2.75, 3.05) is 5.73 Å². The second-order valence-corrected chi connectivity index (χ2v) is 5.27. The van der Waals surface area contributed by atoms with Crippen LogP contribution in [0.4, 0.5) is 5.82 Å². The Labute approximate surface area is 132 Å². The first kappa shape index (κ1) is 13.3. The molecule has 0 radical (unpaired) electrons. The van der Waals surface area contributed by atoms with Gasteiger partial charge in [-0.1, -0.05) is 48.5 Å². The van der Waals surface area contributed by atoms with Gasteiger partial charge in [-0.2, -0.15) is 0 Å². The monoisotopic (exact) mass is 302 g/mol. The molecule has 0 saturated carbocycles. The lowest BCUT2D eigenvalue weighted by atomic mass is 10.1. The number of hydrogen-bond acceptors (Lipinski definition) is 3. The number of H-pyrrole nitrogens is 1. The number of anilines is 1. The summed E-state index contributed by atoms with van der Waals surface area (Å²) in [5, 5.41) is 5.09. The second kappa shape index (κ2) is 5.14. The highest BCUT2D eigenvalue weighted by Gasteiger charge is 2.14. The summed E-state index contributed by atoms with van der Waals surface area (Å²) in [5.74, 6) is 0.386. The Morgan fingerprint density at radius 1 is 0.957 bits per heavy atom. The van der Waals surface area contributed by atoms with Crippen molar-refractivity contribution in [2.45, 2.75) is 0 Å². The fraction of sp³-hybridized carbons (Fsp3) is 0. The van der Waals surface area contributed by atoms with Crippen LogP contribution in [-0.4, -0.2) is 14.8 Å². The first-order chi connectivity index (χ1) is 11.2. The van der Waals surface area contributed by atoms with Gasteiger partial charge in [0.15, 0.2) is 5.82 Å². The van der Waals surface area contributed by atoms with Gasteiger partial charge in [-0.3, -0.25) is 4.79 Å². The Balaban J connectivity index is 1.99. The predicted molar refractivity (Wildman–Crippen MR) is 91.5 cm³/mol. The van der Waals surface area contributed by atoms with Crippen LogP contribution in [0.2, 0.25) is 0 Å². The van der Waals surface area contributed by atoms with E-state index in [1.165, 1.54) is 0 Å². The molecule has 4 aromatic rings. The normalized spacial score (nSPS) is 11.0. The van der Waals surface area contributed by atoms with E-state index in [-0.39, 0.29) is 5.56 Å². The molecule has 4 rings (SSSR count). The van der Waals surface area contributed by atoms with E-state index in [0.29, 0.717) is 17.0 Å². The molecule has 0 aliphatic rings. The summed E-state index contributed by atoms with van der Waals surface area (Å²) < 4.78 is 1.65. The Hall–Kier alpha value is -3.34. The third-order valence-corrected chi connectivity index (χ3v) is 3.80. The minimum atomic E-state index is -0.166. The number of fused-ring (bicyclic) bond motifs is 1. The van der Waals surface area contributed by atoms with Crippen molar-refractivity contribution >= 4 is 16.9 Å². The fourth-order valence-corrected chi connectivity index (χ4v) is 2.68. The number of para-hydroxylation sites is 1. The largest absolute Gasteiger partial charge is 0.382 e. The molecule has 2 heterocycles. The number of pyridine rings is 1. The molecule has 5 heteroatoms. The standard InChI is InChI=1S/C18H14N4O/c19-16-15-11-14(12-7-3-1-4-8-12)18(23)20-17(15)22(21-16)13-9-5-2-6-10-13/h1-11H,(H2,19,21)(H,20,23). The number of nitrogens with one attached hydrogen (secondary N) is 1. The Bertz CT molecular complexity index is 1030. The van der Waals surface area contributed by atoms with Gasteiger partial charge in [0.25, 0.3) is 5.56 Å². The van der Waals surface area contributed by atoms with Crippen LogP contribution < -0.4 is 11.3 Å². The van der Waals surface area contributed by atoms with E-state index in [1.807, 2.05) is 60.7 Å². The number of aromatic nitrogens is 3. The molecule has 2 aromatic heterocycles. The SMILES string of the molecule is Nc1nn(-c2ccccc2)c2[nH]c(=O)c(-c3ccccc3)cc12. The molecule has 0 saturated heterocycles. The zero-order valence-corrected chi connectivity index (χ0v) is 12.2. The number of nitrogens with zero attached hydrogens (tertiary/aromatic N) is 2. The van der Waals surface area contributed by atoms with E-state index >= 15 is 0 Å². The van der Waals surface area contributed by atoms with Gasteiger partial charge in [0.2, 0.25) is 0 Å². The summed E-state index contributed by atoms with van der Waals surface area (Å²) in [7, 11) is 0. The molecule has 3 N–H and O–H groups in total. The summed E-state index contributed by atoms with van der Waals surface area (Å²) in [6.45, 7) is 0. The molecule has 112 valence electrons. The van der Waals surface area contributed by atoms with Crippen LogP contribution in [0.1, 0.15) is 0 Å². The van der Waals surface area contributed by atoms with E-state index in [0.717, 1.165) is 16.6 Å². The molecule has 0 aliphatic carbocycles. The lowest BCUT2D eigenvalue weighted by Crippen LogP contribution is -2.10. The van der Waals surface area contributed by atoms with Gasteiger partial charge in [-0.25, -0.2) is 4.68 Å². The average molecular weight is 302 g/mol. The predicted octanol–water partition coefficient (Wildman–Crippen LogP) is 2.96. The van der Waals surface area contributed by atoms with E-state index < -0.39 is 0 Å². The van der Waals surface area contributed by atoms with Crippen molar-refractivity contribution in [1.82, 2.24) is 14.8 Å². The maximum absolute atomic E-state index is 12.5. The highest BCUT2D eigenvalue weighted by molar-refractivity contribution is 5.90. The smallest absolute Gasteiger partial charge is 0.257 e. The molecule has 2 aromatic carbocycles. The number of hydrogen-bond donors (Lipinski definition) is 2. The molecule has 0 atom stereocenters. The van der Waals surface area contributed by atoms with Gasteiger partial charge in [0, 0.05) is 5.56 Å². The first-order valence-electron chi connectivity index (χ1n) is 7.26. The van der Waals surface area contributed by atoms with Crippen molar-refractivity contribution < 1.29 is 0 Å². The van der Waals surface area contributed by atoms with Crippen LogP contribution in [0.3, 0.4) is 0 Å². The number of rotatable bonds is 2. The molecular formula is C18H14N4O. The molecule has 0 unspecified atom stereocenters. The van der Waals surface area contributed by atoms with Crippen LogP contribution in [-0.2, 0) is 0 Å². The highest BCUT2D eigenvalue weighted by atomic mass is 16.1. The molecule has 23 heavy (non-hydrogen) atoms. The van der Waals surface area contributed by atoms with Gasteiger partial charge >= 0.3 is 0 Å². The molecule has 0 fully saturated rings. The van der Waals surface area contributed by atoms with Crippen molar-refractivity contribution in [3.05, 3.63) is 77.1 Å². The molecule has 0 spiro atoms. The molecule has 5 nitrogen and oxygen atoms in total. The minimum absolute atomic E-state index is 0.166. The lowest BCUT2D eigenvalue weighted by Gasteiger charge is -2.04. The summed E-state index contributed by atoms with van der Waals surface area (Å²) in [5.41, 5.74) is 8.76. The topological polar surface area (TPSA) is 76.7 Å². The van der Waals surface area contributed by atoms with Crippen LogP contribution >= 0.6 is 0 Å². The molecular weight excluding hydrogens is 288 g/mol. The van der Waals surface area contributed by atoms with Crippen LogP contribution in [0, 0.1) is 0 Å². The maximum Gasteiger partial charge on any atom is 0.257 e. The summed E-state index contributed by atoms with van der Waals surface area (Å²) in [4.78, 5) is 15.4. The second-order valence-electron chi connectivity index (χ2n) is 5.27. The lowest BCUT2D eigenvalue weighted by molar-refractivity contribution is 0.900. The van der Waals surface area contributed by atoms with E-state index in [1.54, 1.807) is 10.7 Å². The van der Waals surface area contributed by atoms with Gasteiger partial charge in [-0.05, 0) is 23.8 Å². The highest BCUT2D eigenvalue weighted by Crippen LogP contribution is 2.25. The minimum Gasteiger partial charge on any atom is -0.382 e. The fourth-order valence-electron chi connectivity index (χ4n) is 2.68. The van der Waals surface area contributed by atoms with Gasteiger partial charge in [0.05, 0.1) is 11.1 Å². The van der Waals surface area contributed by atoms with E-state index in [4.69, 9.17) is 5.73 Å². The Morgan fingerprint density at radius 3 is 2.30 bits per heavy atom. The van der Waals surface area contributed by atoms with Crippen molar-refractivity contribution in [3.63, 3.8) is 0 Å². The number of nitrogens with two attached hydrogens (primary N) is 1. The number of nitrogen functional groups attached to an aromatic ring is 1. The van der Waals surface area contributed by atoms with Crippen LogP contribution in [0.5, 0.6) is 0 Å². The molecule has 0 amide bonds. The van der Waals surface area contributed by atoms with Gasteiger partial charge in [0.1, 0.15) is 5.65 Å². The van der Waals surface area contributed by atoms with Crippen LogP contribution in [0.25, 0.3) is 27.8 Å². The summed E-state index contributed by atoms with van der Waals surface area (Å²) in [6.07, 6.45) is 0. The Kier molecular flexibility index (Phi) is 2.98. The quantitative estimate of drug-likeness (QED) is 0.597. The zero-order valence-electron chi connectivity index (χ0n) is 12.2. The molecule has 0 bridgehead atoms. The number of benzene rings is 2. The zero-order chi connectivity index (χ0) is 15.8. The first-order valence-corrected chi connectivity index (χ1v) is 7.26. The summed E-state index contributed by atoms with van der Waals surface area (Å²) in [6, 6.07) is 20.9. The van der Waals surface area contributed by atoms with E-state index in [2.05, 4.69) is 10.1 Å². The Morgan fingerprint density at radius 2 is 1.61 bits per heavy atom. The van der Waals surface area contributed by atoms with Crippen molar-refractivity contribution in [2.24, 2.45) is 0 Å². The van der Waals surface area contributed by atoms with Gasteiger partial charge < -0.3 is 10.7 Å². The number of aromatic amines is 1. The molecule has 0 aliphatic heterocycles. The maximum atomic E-state index is 12.5. The van der Waals surface area contributed by atoms with Crippen molar-refractivity contribution in [1.29, 1.82) is 0 Å². The third kappa shape index (κ3) is 2.19. The van der Waals surface area contributed by atoms with E-state index in [9.17, 15) is 4.79 Å². The van der Waals surface area contributed by atoms with Crippen LogP contribution in [0.15, 0.2) is 71.5 Å². The summed E-state index contributed by atoms with van der Waals surface area (Å²) >= 11 is 0.